The molecule has 0 spiro atoms. The van der Waals surface area contributed by atoms with Crippen LogP contribution in [-0.2, 0) is 4.79 Å². The van der Waals surface area contributed by atoms with Gasteiger partial charge in [0.15, 0.2) is 0 Å². The minimum Gasteiger partial charge on any atom is -0.354 e. The minimum atomic E-state index is -0.528. The van der Waals surface area contributed by atoms with Gasteiger partial charge < -0.3 is 10.6 Å². The van der Waals surface area contributed by atoms with Crippen molar-refractivity contribution in [2.24, 2.45) is 5.92 Å². The third kappa shape index (κ3) is 3.77. The largest absolute Gasteiger partial charge is 0.354 e. The molecule has 1 saturated carbocycles. The molecule has 2 N–H and O–H groups in total. The molecule has 0 saturated heterocycles. The van der Waals surface area contributed by atoms with Gasteiger partial charge in [0, 0.05) is 19.0 Å². The zero-order valence-corrected chi connectivity index (χ0v) is 10.8. The highest BCUT2D eigenvalue weighted by atomic mass is 19.1. The maximum Gasteiger partial charge on any atom is 0.254 e. The van der Waals surface area contributed by atoms with Gasteiger partial charge in [0.1, 0.15) is 5.82 Å². The first-order valence-corrected chi connectivity index (χ1v) is 6.40. The number of benzene rings is 1. The highest BCUT2D eigenvalue weighted by Gasteiger charge is 2.28. The van der Waals surface area contributed by atoms with Crippen molar-refractivity contribution in [2.75, 3.05) is 13.1 Å². The first kappa shape index (κ1) is 13.5. The smallest absolute Gasteiger partial charge is 0.254 e. The Hall–Kier alpha value is -1.91. The van der Waals surface area contributed by atoms with E-state index in [0.717, 1.165) is 18.4 Å². The molecule has 0 atom stereocenters. The average Bonchev–Trinajstić information content (AvgIpc) is 3.18. The number of rotatable bonds is 5. The zero-order valence-electron chi connectivity index (χ0n) is 10.8. The maximum atomic E-state index is 13.5. The molecule has 102 valence electrons. The Labute approximate surface area is 111 Å². The first-order chi connectivity index (χ1) is 9.08. The van der Waals surface area contributed by atoms with Gasteiger partial charge in [-0.05, 0) is 37.5 Å². The van der Waals surface area contributed by atoms with Gasteiger partial charge in [0.25, 0.3) is 5.91 Å². The molecule has 19 heavy (non-hydrogen) atoms. The summed E-state index contributed by atoms with van der Waals surface area (Å²) < 4.78 is 13.5. The Morgan fingerprint density at radius 2 is 1.95 bits per heavy atom. The summed E-state index contributed by atoms with van der Waals surface area (Å²) in [5.41, 5.74) is 0.796. The van der Waals surface area contributed by atoms with Crippen LogP contribution in [-0.4, -0.2) is 24.9 Å². The Morgan fingerprint density at radius 3 is 2.58 bits per heavy atom. The van der Waals surface area contributed by atoms with Crippen molar-refractivity contribution in [2.45, 2.75) is 19.8 Å². The second-order valence-electron chi connectivity index (χ2n) is 4.80. The summed E-state index contributed by atoms with van der Waals surface area (Å²) in [7, 11) is 0. The third-order valence-electron chi connectivity index (χ3n) is 3.03. The van der Waals surface area contributed by atoms with Gasteiger partial charge in [-0.25, -0.2) is 4.39 Å². The summed E-state index contributed by atoms with van der Waals surface area (Å²) in [6.07, 6.45) is 1.90. The minimum absolute atomic E-state index is 0.0270. The molecule has 0 radical (unpaired) electrons. The van der Waals surface area contributed by atoms with Crippen molar-refractivity contribution in [1.29, 1.82) is 0 Å². The van der Waals surface area contributed by atoms with Crippen LogP contribution >= 0.6 is 0 Å². The average molecular weight is 264 g/mol. The van der Waals surface area contributed by atoms with E-state index in [1.54, 1.807) is 13.0 Å². The third-order valence-corrected chi connectivity index (χ3v) is 3.03. The van der Waals surface area contributed by atoms with Crippen LogP contribution in [0.2, 0.25) is 0 Å². The first-order valence-electron chi connectivity index (χ1n) is 6.40. The summed E-state index contributed by atoms with van der Waals surface area (Å²) in [6.45, 7) is 2.43. The quantitative estimate of drug-likeness (QED) is 0.790. The van der Waals surface area contributed by atoms with Gasteiger partial charge in [-0.3, -0.25) is 9.59 Å². The normalized spacial score (nSPS) is 14.0. The van der Waals surface area contributed by atoms with Crippen molar-refractivity contribution >= 4 is 11.8 Å². The van der Waals surface area contributed by atoms with Crippen LogP contribution in [0.4, 0.5) is 4.39 Å². The molecule has 0 bridgehead atoms. The van der Waals surface area contributed by atoms with Gasteiger partial charge >= 0.3 is 0 Å². The lowest BCUT2D eigenvalue weighted by molar-refractivity contribution is -0.122. The molecule has 1 aliphatic rings. The molecular formula is C14H17FN2O2. The molecule has 4 nitrogen and oxygen atoms in total. The molecule has 1 aromatic rings. The molecule has 0 unspecified atom stereocenters. The van der Waals surface area contributed by atoms with Gasteiger partial charge in [-0.15, -0.1) is 0 Å². The highest BCUT2D eigenvalue weighted by Crippen LogP contribution is 2.28. The highest BCUT2D eigenvalue weighted by molar-refractivity contribution is 5.94. The fraction of sp³-hybridized carbons (Fsp3) is 0.429. The predicted octanol–water partition coefficient (Wildman–Crippen LogP) is 1.39. The number of nitrogens with one attached hydrogen (secondary N) is 2. The standard InChI is InChI=1S/C14H17FN2O2/c1-9-2-5-11(12(15)8-9)14(19)17-7-6-16-13(18)10-3-4-10/h2,5,8,10H,3-4,6-7H2,1H3,(H,16,18)(H,17,19). The molecule has 0 aromatic heterocycles. The number of aryl methyl sites for hydroxylation is 1. The van der Waals surface area contributed by atoms with Crippen LogP contribution in [0.15, 0.2) is 18.2 Å². The van der Waals surface area contributed by atoms with Crippen molar-refractivity contribution in [3.05, 3.63) is 35.1 Å². The summed E-state index contributed by atoms with van der Waals surface area (Å²) in [5, 5.41) is 5.31. The molecule has 5 heteroatoms. The number of carbonyl (C=O) groups excluding carboxylic acids is 2. The van der Waals surface area contributed by atoms with Gasteiger partial charge in [-0.1, -0.05) is 6.07 Å². The number of carbonyl (C=O) groups is 2. The second-order valence-corrected chi connectivity index (χ2v) is 4.80. The fourth-order valence-corrected chi connectivity index (χ4v) is 1.75. The van der Waals surface area contributed by atoms with E-state index in [-0.39, 0.29) is 17.4 Å². The lowest BCUT2D eigenvalue weighted by Crippen LogP contribution is -2.35. The Balaban J connectivity index is 1.75. The van der Waals surface area contributed by atoms with Crippen LogP contribution in [0.3, 0.4) is 0 Å². The van der Waals surface area contributed by atoms with Crippen LogP contribution < -0.4 is 10.6 Å². The SMILES string of the molecule is Cc1ccc(C(=O)NCCNC(=O)C2CC2)c(F)c1. The Kier molecular flexibility index (Phi) is 4.14. The number of halogens is 1. The van der Waals surface area contributed by atoms with E-state index in [4.69, 9.17) is 0 Å². The molecule has 1 fully saturated rings. The van der Waals surface area contributed by atoms with Crippen LogP contribution in [0.25, 0.3) is 0 Å². The number of hydrogen-bond donors (Lipinski definition) is 2. The van der Waals surface area contributed by atoms with Crippen molar-refractivity contribution < 1.29 is 14.0 Å². The van der Waals surface area contributed by atoms with Crippen molar-refractivity contribution in [1.82, 2.24) is 10.6 Å². The van der Waals surface area contributed by atoms with Crippen LogP contribution in [0.1, 0.15) is 28.8 Å². The van der Waals surface area contributed by atoms with E-state index in [0.29, 0.717) is 13.1 Å². The fourth-order valence-electron chi connectivity index (χ4n) is 1.75. The van der Waals surface area contributed by atoms with E-state index in [9.17, 15) is 14.0 Å². The Morgan fingerprint density at radius 1 is 1.26 bits per heavy atom. The molecule has 0 heterocycles. The van der Waals surface area contributed by atoms with E-state index in [2.05, 4.69) is 10.6 Å². The number of amides is 2. The van der Waals surface area contributed by atoms with Crippen molar-refractivity contribution in [3.63, 3.8) is 0 Å². The van der Waals surface area contributed by atoms with E-state index in [1.165, 1.54) is 12.1 Å². The van der Waals surface area contributed by atoms with Crippen LogP contribution in [0, 0.1) is 18.7 Å². The maximum absolute atomic E-state index is 13.5. The lowest BCUT2D eigenvalue weighted by Gasteiger charge is -2.07. The molecule has 1 aliphatic carbocycles. The summed E-state index contributed by atoms with van der Waals surface area (Å²) in [4.78, 5) is 23.0. The molecule has 2 amide bonds. The Bertz CT molecular complexity index is 498. The second kappa shape index (κ2) is 5.82. The predicted molar refractivity (Wildman–Crippen MR) is 69.2 cm³/mol. The van der Waals surface area contributed by atoms with Gasteiger partial charge in [0.2, 0.25) is 5.91 Å². The molecule has 1 aromatic carbocycles. The monoisotopic (exact) mass is 264 g/mol. The van der Waals surface area contributed by atoms with Gasteiger partial charge in [-0.2, -0.15) is 0 Å². The summed E-state index contributed by atoms with van der Waals surface area (Å²) >= 11 is 0. The van der Waals surface area contributed by atoms with E-state index >= 15 is 0 Å². The van der Waals surface area contributed by atoms with E-state index in [1.807, 2.05) is 0 Å². The molecule has 0 aliphatic heterocycles. The summed E-state index contributed by atoms with van der Waals surface area (Å²) in [6, 6.07) is 4.47. The topological polar surface area (TPSA) is 58.2 Å². The number of hydrogen-bond acceptors (Lipinski definition) is 2. The van der Waals surface area contributed by atoms with E-state index < -0.39 is 11.7 Å². The van der Waals surface area contributed by atoms with Crippen molar-refractivity contribution in [3.8, 4) is 0 Å². The molecule has 2 rings (SSSR count). The van der Waals surface area contributed by atoms with Crippen LogP contribution in [0.5, 0.6) is 0 Å². The summed E-state index contributed by atoms with van der Waals surface area (Å²) in [5.74, 6) is -0.793. The molecular weight excluding hydrogens is 247 g/mol. The van der Waals surface area contributed by atoms with Gasteiger partial charge in [0.05, 0.1) is 5.56 Å². The lowest BCUT2D eigenvalue weighted by atomic mass is 10.1. The zero-order chi connectivity index (χ0) is 13.8.